The van der Waals surface area contributed by atoms with E-state index in [9.17, 15) is 0 Å². The van der Waals surface area contributed by atoms with Gasteiger partial charge in [0.15, 0.2) is 0 Å². The van der Waals surface area contributed by atoms with Crippen LogP contribution < -0.4 is 5.32 Å². The van der Waals surface area contributed by atoms with Crippen LogP contribution in [-0.2, 0) is 4.74 Å². The number of rotatable bonds is 5. The summed E-state index contributed by atoms with van der Waals surface area (Å²) in [7, 11) is 0. The minimum atomic E-state index is 0.352. The molecule has 0 spiro atoms. The first-order valence-corrected chi connectivity index (χ1v) is 6.17. The van der Waals surface area contributed by atoms with Crippen LogP contribution in [0.3, 0.4) is 0 Å². The smallest absolute Gasteiger partial charge is 0.0597 e. The molecule has 0 radical (unpaired) electrons. The molecular weight excluding hydrogens is 188 g/mol. The molecule has 1 atom stereocenters. The van der Waals surface area contributed by atoms with E-state index in [1.165, 1.54) is 0 Å². The van der Waals surface area contributed by atoms with E-state index in [1.807, 2.05) is 0 Å². The lowest BCUT2D eigenvalue weighted by Gasteiger charge is -2.38. The maximum atomic E-state index is 5.61. The minimum absolute atomic E-state index is 0.352. The highest BCUT2D eigenvalue weighted by molar-refractivity contribution is 4.81. The second-order valence-electron chi connectivity index (χ2n) is 4.97. The third kappa shape index (κ3) is 4.49. The van der Waals surface area contributed by atoms with Gasteiger partial charge in [-0.2, -0.15) is 0 Å². The van der Waals surface area contributed by atoms with Gasteiger partial charge in [0.1, 0.15) is 0 Å². The first-order chi connectivity index (χ1) is 7.11. The molecule has 1 aliphatic heterocycles. The molecule has 1 saturated heterocycles. The van der Waals surface area contributed by atoms with Crippen LogP contribution in [0.1, 0.15) is 27.7 Å². The molecule has 0 aromatic rings. The van der Waals surface area contributed by atoms with Crippen molar-refractivity contribution in [3.05, 3.63) is 0 Å². The monoisotopic (exact) mass is 214 g/mol. The Kier molecular flexibility index (Phi) is 5.58. The molecule has 1 unspecified atom stereocenters. The molecule has 1 N–H and O–H groups in total. The average molecular weight is 214 g/mol. The average Bonchev–Trinajstić information content (AvgIpc) is 2.17. The van der Waals surface area contributed by atoms with Crippen molar-refractivity contribution in [2.75, 3.05) is 32.8 Å². The minimum Gasteiger partial charge on any atom is -0.377 e. The van der Waals surface area contributed by atoms with Crippen molar-refractivity contribution in [2.24, 2.45) is 5.92 Å². The Morgan fingerprint density at radius 2 is 2.07 bits per heavy atom. The Hall–Kier alpha value is -0.120. The highest BCUT2D eigenvalue weighted by Gasteiger charge is 2.24. The van der Waals surface area contributed by atoms with E-state index in [4.69, 9.17) is 4.74 Å². The van der Waals surface area contributed by atoms with Crippen LogP contribution in [0.4, 0.5) is 0 Å². The second kappa shape index (κ2) is 6.46. The molecule has 0 aliphatic carbocycles. The predicted octanol–water partition coefficient (Wildman–Crippen LogP) is 1.34. The van der Waals surface area contributed by atoms with E-state index in [1.54, 1.807) is 0 Å². The molecule has 90 valence electrons. The van der Waals surface area contributed by atoms with Gasteiger partial charge in [-0.05, 0) is 19.8 Å². The molecular formula is C12H26N2O. The zero-order chi connectivity index (χ0) is 11.3. The van der Waals surface area contributed by atoms with Gasteiger partial charge in [0, 0.05) is 32.2 Å². The van der Waals surface area contributed by atoms with Crippen LogP contribution in [0.5, 0.6) is 0 Å². The van der Waals surface area contributed by atoms with Gasteiger partial charge in [-0.3, -0.25) is 4.90 Å². The zero-order valence-electron chi connectivity index (χ0n) is 10.6. The molecule has 0 saturated carbocycles. The highest BCUT2D eigenvalue weighted by atomic mass is 16.5. The largest absolute Gasteiger partial charge is 0.377 e. The summed E-state index contributed by atoms with van der Waals surface area (Å²) >= 11 is 0. The summed E-state index contributed by atoms with van der Waals surface area (Å²) in [5.74, 6) is 0.719. The molecule has 1 fully saturated rings. The van der Waals surface area contributed by atoms with E-state index < -0.39 is 0 Å². The molecule has 0 bridgehead atoms. The Balaban J connectivity index is 2.29. The third-order valence-corrected chi connectivity index (χ3v) is 3.00. The molecule has 0 amide bonds. The SMILES string of the molecule is CC(C)OCCN1CCNCC1C(C)C. The van der Waals surface area contributed by atoms with Crippen molar-refractivity contribution in [2.45, 2.75) is 39.8 Å². The van der Waals surface area contributed by atoms with Gasteiger partial charge in [-0.15, -0.1) is 0 Å². The van der Waals surface area contributed by atoms with Crippen LogP contribution in [-0.4, -0.2) is 49.8 Å². The number of nitrogens with zero attached hydrogens (tertiary/aromatic N) is 1. The van der Waals surface area contributed by atoms with Gasteiger partial charge >= 0.3 is 0 Å². The van der Waals surface area contributed by atoms with E-state index >= 15 is 0 Å². The zero-order valence-corrected chi connectivity index (χ0v) is 10.6. The van der Waals surface area contributed by atoms with Crippen molar-refractivity contribution in [1.29, 1.82) is 0 Å². The lowest BCUT2D eigenvalue weighted by atomic mass is 10.0. The van der Waals surface area contributed by atoms with Crippen molar-refractivity contribution >= 4 is 0 Å². The van der Waals surface area contributed by atoms with E-state index in [-0.39, 0.29) is 0 Å². The van der Waals surface area contributed by atoms with E-state index in [2.05, 4.69) is 37.9 Å². The fraction of sp³-hybridized carbons (Fsp3) is 1.00. The number of hydrogen-bond donors (Lipinski definition) is 1. The Bertz CT molecular complexity index is 171. The summed E-state index contributed by atoms with van der Waals surface area (Å²) in [6.07, 6.45) is 0.352. The maximum absolute atomic E-state index is 5.61. The van der Waals surface area contributed by atoms with Crippen LogP contribution in [0, 0.1) is 5.92 Å². The normalized spacial score (nSPS) is 24.0. The van der Waals surface area contributed by atoms with Crippen molar-refractivity contribution in [3.63, 3.8) is 0 Å². The molecule has 1 aliphatic rings. The highest BCUT2D eigenvalue weighted by Crippen LogP contribution is 2.12. The van der Waals surface area contributed by atoms with Crippen LogP contribution in [0.2, 0.25) is 0 Å². The summed E-state index contributed by atoms with van der Waals surface area (Å²) in [6, 6.07) is 0.675. The molecule has 0 aromatic heterocycles. The van der Waals surface area contributed by atoms with E-state index in [0.717, 1.165) is 38.7 Å². The molecule has 1 rings (SSSR count). The number of piperazine rings is 1. The number of hydrogen-bond acceptors (Lipinski definition) is 3. The first-order valence-electron chi connectivity index (χ1n) is 6.17. The van der Waals surface area contributed by atoms with Gasteiger partial charge in [0.05, 0.1) is 12.7 Å². The summed E-state index contributed by atoms with van der Waals surface area (Å²) in [4.78, 5) is 2.56. The fourth-order valence-corrected chi connectivity index (χ4v) is 2.11. The first kappa shape index (κ1) is 12.9. The Morgan fingerprint density at radius 1 is 1.33 bits per heavy atom. The van der Waals surface area contributed by atoms with Crippen molar-refractivity contribution < 1.29 is 4.74 Å². The van der Waals surface area contributed by atoms with Gasteiger partial charge in [0.2, 0.25) is 0 Å². The number of ether oxygens (including phenoxy) is 1. The fourth-order valence-electron chi connectivity index (χ4n) is 2.11. The van der Waals surface area contributed by atoms with Gasteiger partial charge in [0.25, 0.3) is 0 Å². The lowest BCUT2D eigenvalue weighted by Crippen LogP contribution is -2.54. The quantitative estimate of drug-likeness (QED) is 0.747. The van der Waals surface area contributed by atoms with Gasteiger partial charge in [-0.1, -0.05) is 13.8 Å². The third-order valence-electron chi connectivity index (χ3n) is 3.00. The molecule has 15 heavy (non-hydrogen) atoms. The van der Waals surface area contributed by atoms with Crippen molar-refractivity contribution in [1.82, 2.24) is 10.2 Å². The predicted molar refractivity (Wildman–Crippen MR) is 64.2 cm³/mol. The molecule has 0 aromatic carbocycles. The summed E-state index contributed by atoms with van der Waals surface area (Å²) < 4.78 is 5.61. The lowest BCUT2D eigenvalue weighted by molar-refractivity contribution is 0.0352. The molecule has 1 heterocycles. The summed E-state index contributed by atoms with van der Waals surface area (Å²) in [5.41, 5.74) is 0. The van der Waals surface area contributed by atoms with Crippen LogP contribution in [0.15, 0.2) is 0 Å². The summed E-state index contributed by atoms with van der Waals surface area (Å²) in [6.45, 7) is 14.1. The number of nitrogens with one attached hydrogen (secondary N) is 1. The van der Waals surface area contributed by atoms with Gasteiger partial charge in [-0.25, -0.2) is 0 Å². The molecule has 3 nitrogen and oxygen atoms in total. The van der Waals surface area contributed by atoms with Crippen LogP contribution >= 0.6 is 0 Å². The maximum Gasteiger partial charge on any atom is 0.0597 e. The van der Waals surface area contributed by atoms with Crippen molar-refractivity contribution in [3.8, 4) is 0 Å². The van der Waals surface area contributed by atoms with Crippen LogP contribution in [0.25, 0.3) is 0 Å². The molecule has 3 heteroatoms. The second-order valence-corrected chi connectivity index (χ2v) is 4.97. The Morgan fingerprint density at radius 3 is 2.67 bits per heavy atom. The van der Waals surface area contributed by atoms with Gasteiger partial charge < -0.3 is 10.1 Å². The van der Waals surface area contributed by atoms with E-state index in [0.29, 0.717) is 12.1 Å². The summed E-state index contributed by atoms with van der Waals surface area (Å²) in [5, 5.41) is 3.46. The standard InChI is InChI=1S/C12H26N2O/c1-10(2)12-9-13-5-6-14(12)7-8-15-11(3)4/h10-13H,5-9H2,1-4H3. The Labute approximate surface area is 94.2 Å². The topological polar surface area (TPSA) is 24.5 Å².